The zero-order chi connectivity index (χ0) is 21.5. The van der Waals surface area contributed by atoms with Crippen LogP contribution in [0.5, 0.6) is 5.75 Å². The van der Waals surface area contributed by atoms with Crippen molar-refractivity contribution in [3.05, 3.63) is 63.8 Å². The quantitative estimate of drug-likeness (QED) is 0.515. The summed E-state index contributed by atoms with van der Waals surface area (Å²) in [6, 6.07) is 9.60. The Morgan fingerprint density at radius 1 is 1.20 bits per heavy atom. The number of H-pyrrole nitrogens is 1. The second kappa shape index (κ2) is 7.13. The van der Waals surface area contributed by atoms with Gasteiger partial charge in [-0.2, -0.15) is 22.4 Å². The van der Waals surface area contributed by atoms with Crippen molar-refractivity contribution >= 4 is 17.5 Å². The van der Waals surface area contributed by atoms with E-state index in [-0.39, 0.29) is 17.0 Å². The number of methoxy groups -OCH3 is 1. The third kappa shape index (κ3) is 3.43. The molecular weight excluding hydrogens is 403 g/mol. The number of benzene rings is 1. The van der Waals surface area contributed by atoms with Gasteiger partial charge in [-0.3, -0.25) is 14.9 Å². The van der Waals surface area contributed by atoms with E-state index in [0.29, 0.717) is 21.6 Å². The normalized spacial score (nSPS) is 12.2. The van der Waals surface area contributed by atoms with Gasteiger partial charge in [0, 0.05) is 18.0 Å². The molecule has 0 saturated heterocycles. The lowest BCUT2D eigenvalue weighted by Crippen LogP contribution is -2.20. The van der Waals surface area contributed by atoms with Crippen molar-refractivity contribution in [1.82, 2.24) is 29.6 Å². The van der Waals surface area contributed by atoms with E-state index >= 15 is 0 Å². The van der Waals surface area contributed by atoms with Crippen molar-refractivity contribution in [2.45, 2.75) is 13.1 Å². The zero-order valence-electron chi connectivity index (χ0n) is 15.7. The van der Waals surface area contributed by atoms with E-state index in [1.807, 2.05) is 0 Å². The highest BCUT2D eigenvalue weighted by Crippen LogP contribution is 2.27. The highest BCUT2D eigenvalue weighted by atomic mass is 19.4. The Morgan fingerprint density at radius 3 is 2.73 bits per heavy atom. The van der Waals surface area contributed by atoms with Crippen molar-refractivity contribution in [3.63, 3.8) is 0 Å². The molecule has 9 nitrogen and oxygen atoms in total. The molecule has 0 aliphatic carbocycles. The van der Waals surface area contributed by atoms with Crippen molar-refractivity contribution in [1.29, 1.82) is 0 Å². The van der Waals surface area contributed by atoms with Crippen LogP contribution in [0.3, 0.4) is 0 Å². The van der Waals surface area contributed by atoms with Crippen molar-refractivity contribution in [2.24, 2.45) is 4.99 Å². The highest BCUT2D eigenvalue weighted by molar-refractivity contribution is 5.83. The molecule has 30 heavy (non-hydrogen) atoms. The summed E-state index contributed by atoms with van der Waals surface area (Å²) in [4.78, 5) is 17.1. The molecule has 3 heterocycles. The van der Waals surface area contributed by atoms with Gasteiger partial charge >= 0.3 is 6.18 Å². The fraction of sp³-hybridized carbons (Fsp3) is 0.167. The molecule has 0 atom stereocenters. The zero-order valence-corrected chi connectivity index (χ0v) is 15.7. The summed E-state index contributed by atoms with van der Waals surface area (Å²) < 4.78 is 46.0. The number of aryl methyl sites for hydroxylation is 1. The van der Waals surface area contributed by atoms with Gasteiger partial charge in [-0.15, -0.1) is 15.3 Å². The molecule has 0 saturated carbocycles. The molecule has 0 spiro atoms. The number of nitrogens with zero attached hydrogens (tertiary/aromatic N) is 6. The van der Waals surface area contributed by atoms with Gasteiger partial charge in [-0.25, -0.2) is 0 Å². The minimum atomic E-state index is -4.74. The first-order valence-corrected chi connectivity index (χ1v) is 8.57. The maximum atomic E-state index is 13.1. The Kier molecular flexibility index (Phi) is 4.60. The fourth-order valence-corrected chi connectivity index (χ4v) is 2.78. The van der Waals surface area contributed by atoms with Gasteiger partial charge in [-0.05, 0) is 31.2 Å². The van der Waals surface area contributed by atoms with E-state index in [4.69, 9.17) is 4.74 Å². The summed E-state index contributed by atoms with van der Waals surface area (Å²) in [6.07, 6.45) is -3.37. The molecule has 0 amide bonds. The molecule has 0 unspecified atom stereocenters. The molecule has 12 heteroatoms. The molecule has 154 valence electrons. The van der Waals surface area contributed by atoms with Gasteiger partial charge in [0.25, 0.3) is 11.4 Å². The van der Waals surface area contributed by atoms with Crippen LogP contribution in [0.2, 0.25) is 0 Å². The number of alkyl halides is 3. The van der Waals surface area contributed by atoms with Crippen molar-refractivity contribution in [3.8, 4) is 11.6 Å². The van der Waals surface area contributed by atoms with Crippen LogP contribution in [-0.2, 0) is 6.18 Å². The third-order valence-corrected chi connectivity index (χ3v) is 4.24. The molecular formula is C18H14F3N7O2. The van der Waals surface area contributed by atoms with Gasteiger partial charge in [0.2, 0.25) is 0 Å². The summed E-state index contributed by atoms with van der Waals surface area (Å²) >= 11 is 0. The molecule has 1 N–H and O–H groups in total. The first-order chi connectivity index (χ1) is 14.3. The number of nitrogens with one attached hydrogen (secondary N) is 1. The number of halogens is 3. The predicted octanol–water partition coefficient (Wildman–Crippen LogP) is 2.69. The van der Waals surface area contributed by atoms with Gasteiger partial charge < -0.3 is 4.74 Å². The summed E-state index contributed by atoms with van der Waals surface area (Å²) in [5.74, 6) is -0.725. The van der Waals surface area contributed by atoms with Crippen LogP contribution in [0.15, 0.2) is 46.2 Å². The van der Waals surface area contributed by atoms with Crippen molar-refractivity contribution in [2.75, 3.05) is 7.11 Å². The van der Waals surface area contributed by atoms with Crippen molar-refractivity contribution < 1.29 is 17.9 Å². The van der Waals surface area contributed by atoms with Crippen LogP contribution in [0, 0.1) is 6.92 Å². The molecule has 0 aliphatic rings. The number of hydrogen-bond acceptors (Lipinski definition) is 6. The summed E-state index contributed by atoms with van der Waals surface area (Å²) in [7, 11) is 1.53. The number of rotatable bonds is 4. The number of aromatic amines is 1. The summed E-state index contributed by atoms with van der Waals surface area (Å²) in [5, 5.41) is 13.2. The van der Waals surface area contributed by atoms with Crippen LogP contribution >= 0.6 is 0 Å². The van der Waals surface area contributed by atoms with E-state index in [1.165, 1.54) is 25.5 Å². The Labute approximate surface area is 166 Å². The number of hydrogen-bond donors (Lipinski definition) is 1. The molecule has 1 aromatic carbocycles. The van der Waals surface area contributed by atoms with E-state index in [1.54, 1.807) is 31.2 Å². The van der Waals surface area contributed by atoms with E-state index in [2.05, 4.69) is 25.4 Å². The van der Waals surface area contributed by atoms with Gasteiger partial charge in [0.15, 0.2) is 11.5 Å². The number of ether oxygens (including phenoxy) is 1. The monoisotopic (exact) mass is 417 g/mol. The second-order valence-electron chi connectivity index (χ2n) is 6.23. The first-order valence-electron chi connectivity index (χ1n) is 8.57. The lowest BCUT2D eigenvalue weighted by molar-refractivity contribution is -0.146. The van der Waals surface area contributed by atoms with Gasteiger partial charge in [0.05, 0.1) is 18.4 Å². The topological polar surface area (TPSA) is 102 Å². The van der Waals surface area contributed by atoms with Crippen LogP contribution in [0.4, 0.5) is 18.9 Å². The Morgan fingerprint density at radius 2 is 2.00 bits per heavy atom. The smallest absolute Gasteiger partial charge is 0.453 e. The second-order valence-corrected chi connectivity index (χ2v) is 6.23. The van der Waals surface area contributed by atoms with E-state index in [0.717, 1.165) is 4.68 Å². The van der Waals surface area contributed by atoms with E-state index < -0.39 is 17.6 Å². The number of fused-ring (bicyclic) bond motifs is 1. The molecule has 0 bridgehead atoms. The van der Waals surface area contributed by atoms with Crippen LogP contribution in [0.1, 0.15) is 17.1 Å². The highest BCUT2D eigenvalue weighted by Gasteiger charge is 2.37. The molecule has 3 aromatic heterocycles. The number of aliphatic imine (C=N–C) groups is 1. The maximum absolute atomic E-state index is 13.1. The summed E-state index contributed by atoms with van der Waals surface area (Å²) in [5.41, 5.74) is 0.655. The summed E-state index contributed by atoms with van der Waals surface area (Å²) in [6.45, 7) is 1.64. The van der Waals surface area contributed by atoms with Gasteiger partial charge in [0.1, 0.15) is 5.75 Å². The lowest BCUT2D eigenvalue weighted by Gasteiger charge is -2.05. The lowest BCUT2D eigenvalue weighted by atomic mass is 10.2. The predicted molar refractivity (Wildman–Crippen MR) is 101 cm³/mol. The minimum absolute atomic E-state index is 0.0538. The van der Waals surface area contributed by atoms with E-state index in [9.17, 15) is 18.0 Å². The van der Waals surface area contributed by atoms with Crippen LogP contribution in [0.25, 0.3) is 11.5 Å². The Balaban J connectivity index is 1.75. The van der Waals surface area contributed by atoms with Crippen LogP contribution < -0.4 is 10.3 Å². The SMILES string of the molecule is COc1cccc(N=Cc2c(C)[nH]n(-c3ccc4nnc(C(F)(F)F)n4n3)c2=O)c1. The standard InChI is InChI=1S/C18H14F3N7O2/c1-10-13(9-22-11-4-3-5-12(8-11)30-2)16(29)27(25-10)15-7-6-14-23-24-17(18(19,20)21)28(14)26-15/h3-9,25H,1-2H3. The average molecular weight is 417 g/mol. The number of aromatic nitrogens is 6. The molecule has 0 aliphatic heterocycles. The fourth-order valence-electron chi connectivity index (χ4n) is 2.78. The average Bonchev–Trinajstić information content (AvgIpc) is 3.27. The molecule has 0 radical (unpaired) electrons. The molecule has 0 fully saturated rings. The first kappa shape index (κ1) is 19.4. The molecule has 4 rings (SSSR count). The minimum Gasteiger partial charge on any atom is -0.497 e. The molecule has 4 aromatic rings. The Hall–Kier alpha value is -3.96. The Bertz CT molecular complexity index is 1320. The largest absolute Gasteiger partial charge is 0.497 e. The van der Waals surface area contributed by atoms with Crippen LogP contribution in [-0.4, -0.2) is 42.9 Å². The van der Waals surface area contributed by atoms with Gasteiger partial charge in [-0.1, -0.05) is 6.07 Å². The third-order valence-electron chi connectivity index (χ3n) is 4.24. The maximum Gasteiger partial charge on any atom is 0.453 e.